The lowest BCUT2D eigenvalue weighted by Crippen LogP contribution is -2.57. The van der Waals surface area contributed by atoms with Crippen molar-refractivity contribution in [2.24, 2.45) is 0 Å². The average molecular weight is 285 g/mol. The number of likely N-dealkylation sites (tertiary alicyclic amines) is 1. The maximum absolute atomic E-state index is 5.98. The highest BCUT2D eigenvalue weighted by atomic mass is 16.5. The van der Waals surface area contributed by atoms with E-state index in [1.807, 2.05) is 23.1 Å². The van der Waals surface area contributed by atoms with Crippen molar-refractivity contribution in [1.82, 2.24) is 14.7 Å². The molecule has 1 fully saturated rings. The molecule has 0 unspecified atom stereocenters. The van der Waals surface area contributed by atoms with Crippen LogP contribution in [0.2, 0.25) is 0 Å². The van der Waals surface area contributed by atoms with Gasteiger partial charge in [-0.3, -0.25) is 9.58 Å². The molecule has 2 heterocycles. The minimum Gasteiger partial charge on any atom is -0.488 e. The summed E-state index contributed by atoms with van der Waals surface area (Å²) in [6.45, 7) is 7.40. The molecule has 4 nitrogen and oxygen atoms in total. The number of nitrogens with zero attached hydrogens (tertiary/aromatic N) is 3. The van der Waals surface area contributed by atoms with Crippen LogP contribution in [0.1, 0.15) is 18.9 Å². The Balaban J connectivity index is 1.39. The quantitative estimate of drug-likeness (QED) is 0.817. The van der Waals surface area contributed by atoms with Crippen LogP contribution in [0.3, 0.4) is 0 Å². The summed E-state index contributed by atoms with van der Waals surface area (Å²) in [5.41, 5.74) is 1.27. The van der Waals surface area contributed by atoms with Gasteiger partial charge in [0.15, 0.2) is 0 Å². The SMILES string of the molecule is Cc1ccc(OC2CN([C@@H](C)CCn3cccn3)C2)cc1. The summed E-state index contributed by atoms with van der Waals surface area (Å²) in [6.07, 6.45) is 5.31. The van der Waals surface area contributed by atoms with E-state index < -0.39 is 0 Å². The van der Waals surface area contributed by atoms with E-state index >= 15 is 0 Å². The first-order valence-corrected chi connectivity index (χ1v) is 7.65. The van der Waals surface area contributed by atoms with Crippen LogP contribution in [-0.2, 0) is 6.54 Å². The van der Waals surface area contributed by atoms with Gasteiger partial charge in [-0.15, -0.1) is 0 Å². The second kappa shape index (κ2) is 6.31. The van der Waals surface area contributed by atoms with E-state index in [1.165, 1.54) is 5.56 Å². The molecule has 3 rings (SSSR count). The van der Waals surface area contributed by atoms with Crippen LogP contribution < -0.4 is 4.74 Å². The Kier molecular flexibility index (Phi) is 4.25. The number of benzene rings is 1. The van der Waals surface area contributed by atoms with Gasteiger partial charge in [-0.25, -0.2) is 0 Å². The second-order valence-electron chi connectivity index (χ2n) is 5.91. The molecule has 21 heavy (non-hydrogen) atoms. The molecule has 1 aliphatic rings. The van der Waals surface area contributed by atoms with Crippen molar-refractivity contribution in [1.29, 1.82) is 0 Å². The Bertz CT molecular complexity index is 544. The predicted molar refractivity (Wildman–Crippen MR) is 83.5 cm³/mol. The molecule has 4 heteroatoms. The van der Waals surface area contributed by atoms with Crippen molar-refractivity contribution in [3.8, 4) is 5.75 Å². The highest BCUT2D eigenvalue weighted by Gasteiger charge is 2.31. The average Bonchev–Trinajstić information content (AvgIpc) is 2.95. The van der Waals surface area contributed by atoms with Crippen molar-refractivity contribution < 1.29 is 4.74 Å². The lowest BCUT2D eigenvalue weighted by molar-refractivity contribution is -0.00766. The largest absolute Gasteiger partial charge is 0.488 e. The topological polar surface area (TPSA) is 30.3 Å². The lowest BCUT2D eigenvalue weighted by Gasteiger charge is -2.42. The molecule has 0 saturated carbocycles. The number of ether oxygens (including phenoxy) is 1. The number of rotatable bonds is 6. The van der Waals surface area contributed by atoms with Gasteiger partial charge in [0.2, 0.25) is 0 Å². The molecule has 2 aromatic rings. The Morgan fingerprint density at radius 3 is 2.71 bits per heavy atom. The third-order valence-corrected chi connectivity index (χ3v) is 4.16. The standard InChI is InChI=1S/C17H23N3O/c1-14-4-6-16(7-5-14)21-17-12-19(13-17)15(2)8-11-20-10-3-9-18-20/h3-7,9-10,15,17H,8,11-13H2,1-2H3/t15-/m0/s1. The zero-order chi connectivity index (χ0) is 14.7. The van der Waals surface area contributed by atoms with E-state index in [2.05, 4.69) is 48.1 Å². The second-order valence-corrected chi connectivity index (χ2v) is 5.91. The summed E-state index contributed by atoms with van der Waals surface area (Å²) < 4.78 is 7.97. The fourth-order valence-electron chi connectivity index (χ4n) is 2.65. The first kappa shape index (κ1) is 14.1. The van der Waals surface area contributed by atoms with E-state index in [0.717, 1.165) is 31.8 Å². The molecule has 0 N–H and O–H groups in total. The normalized spacial score (nSPS) is 17.4. The van der Waals surface area contributed by atoms with Gasteiger partial charge in [-0.1, -0.05) is 17.7 Å². The Morgan fingerprint density at radius 1 is 1.29 bits per heavy atom. The molecular weight excluding hydrogens is 262 g/mol. The van der Waals surface area contributed by atoms with Gasteiger partial charge >= 0.3 is 0 Å². The molecule has 0 spiro atoms. The monoisotopic (exact) mass is 285 g/mol. The molecule has 1 aromatic heterocycles. The van der Waals surface area contributed by atoms with Crippen LogP contribution in [0, 0.1) is 6.92 Å². The van der Waals surface area contributed by atoms with E-state index in [1.54, 1.807) is 0 Å². The molecule has 112 valence electrons. The smallest absolute Gasteiger partial charge is 0.124 e. The van der Waals surface area contributed by atoms with Gasteiger partial charge in [0.05, 0.1) is 0 Å². The molecule has 0 bridgehead atoms. The van der Waals surface area contributed by atoms with E-state index in [-0.39, 0.29) is 0 Å². The third-order valence-electron chi connectivity index (χ3n) is 4.16. The first-order valence-electron chi connectivity index (χ1n) is 7.65. The zero-order valence-corrected chi connectivity index (χ0v) is 12.8. The fourth-order valence-corrected chi connectivity index (χ4v) is 2.65. The highest BCUT2D eigenvalue weighted by molar-refractivity contribution is 5.26. The van der Waals surface area contributed by atoms with Gasteiger partial charge in [0.25, 0.3) is 0 Å². The van der Waals surface area contributed by atoms with Crippen LogP contribution in [0.4, 0.5) is 0 Å². The summed E-state index contributed by atoms with van der Waals surface area (Å²) in [6, 6.07) is 10.8. The molecule has 0 amide bonds. The number of hydrogen-bond acceptors (Lipinski definition) is 3. The van der Waals surface area contributed by atoms with E-state index in [4.69, 9.17) is 4.74 Å². The number of hydrogen-bond donors (Lipinski definition) is 0. The first-order chi connectivity index (χ1) is 10.2. The molecule has 0 radical (unpaired) electrons. The van der Waals surface area contributed by atoms with Gasteiger partial charge in [0.1, 0.15) is 11.9 Å². The van der Waals surface area contributed by atoms with Gasteiger partial charge in [-0.05, 0) is 38.5 Å². The van der Waals surface area contributed by atoms with E-state index in [9.17, 15) is 0 Å². The molecule has 0 aliphatic carbocycles. The summed E-state index contributed by atoms with van der Waals surface area (Å²) in [5.74, 6) is 0.981. The van der Waals surface area contributed by atoms with Gasteiger partial charge in [0, 0.05) is 38.1 Å². The van der Waals surface area contributed by atoms with Crippen LogP contribution in [0.15, 0.2) is 42.7 Å². The molecule has 1 aliphatic heterocycles. The minimum atomic E-state index is 0.333. The van der Waals surface area contributed by atoms with Crippen LogP contribution in [0.25, 0.3) is 0 Å². The maximum atomic E-state index is 5.98. The van der Waals surface area contributed by atoms with Crippen molar-refractivity contribution in [3.05, 3.63) is 48.3 Å². The lowest BCUT2D eigenvalue weighted by atomic mass is 10.1. The summed E-state index contributed by atoms with van der Waals surface area (Å²) in [5, 5.41) is 4.24. The van der Waals surface area contributed by atoms with Crippen molar-refractivity contribution >= 4 is 0 Å². The molecule has 1 saturated heterocycles. The van der Waals surface area contributed by atoms with E-state index in [0.29, 0.717) is 12.1 Å². The number of aromatic nitrogens is 2. The van der Waals surface area contributed by atoms with Crippen molar-refractivity contribution in [3.63, 3.8) is 0 Å². The van der Waals surface area contributed by atoms with Crippen LogP contribution in [-0.4, -0.2) is 39.9 Å². The predicted octanol–water partition coefficient (Wildman–Crippen LogP) is 2.73. The van der Waals surface area contributed by atoms with Crippen molar-refractivity contribution in [2.45, 2.75) is 39.0 Å². The van der Waals surface area contributed by atoms with Crippen LogP contribution >= 0.6 is 0 Å². The molecule has 1 aromatic carbocycles. The zero-order valence-electron chi connectivity index (χ0n) is 12.8. The Labute approximate surface area is 126 Å². The highest BCUT2D eigenvalue weighted by Crippen LogP contribution is 2.21. The summed E-state index contributed by atoms with van der Waals surface area (Å²) in [7, 11) is 0. The summed E-state index contributed by atoms with van der Waals surface area (Å²) >= 11 is 0. The fraction of sp³-hybridized carbons (Fsp3) is 0.471. The van der Waals surface area contributed by atoms with Gasteiger partial charge < -0.3 is 4.74 Å². The minimum absolute atomic E-state index is 0.333. The maximum Gasteiger partial charge on any atom is 0.124 e. The Morgan fingerprint density at radius 2 is 2.05 bits per heavy atom. The Hall–Kier alpha value is -1.81. The molecule has 1 atom stereocenters. The molecular formula is C17H23N3O. The summed E-state index contributed by atoms with van der Waals surface area (Å²) in [4.78, 5) is 2.47. The third kappa shape index (κ3) is 3.64. The van der Waals surface area contributed by atoms with Crippen molar-refractivity contribution in [2.75, 3.05) is 13.1 Å². The van der Waals surface area contributed by atoms with Crippen LogP contribution in [0.5, 0.6) is 5.75 Å². The van der Waals surface area contributed by atoms with Gasteiger partial charge in [-0.2, -0.15) is 5.10 Å². The number of aryl methyl sites for hydroxylation is 2.